The van der Waals surface area contributed by atoms with Crippen LogP contribution in [-0.4, -0.2) is 28.2 Å². The molecule has 1 unspecified atom stereocenters. The largest absolute Gasteiger partial charge is 0.480 e. The van der Waals surface area contributed by atoms with Crippen LogP contribution in [0.2, 0.25) is 0 Å². The zero-order valence-electron chi connectivity index (χ0n) is 7.16. The maximum Gasteiger partial charge on any atom is 0.326 e. The van der Waals surface area contributed by atoms with Crippen LogP contribution in [0.3, 0.4) is 0 Å². The lowest BCUT2D eigenvalue weighted by Crippen LogP contribution is -2.52. The van der Waals surface area contributed by atoms with Crippen molar-refractivity contribution in [1.82, 2.24) is 5.01 Å². The summed E-state index contributed by atoms with van der Waals surface area (Å²) in [7, 11) is 0. The van der Waals surface area contributed by atoms with E-state index in [0.717, 1.165) is 12.8 Å². The van der Waals surface area contributed by atoms with E-state index >= 15 is 0 Å². The van der Waals surface area contributed by atoms with Crippen molar-refractivity contribution < 1.29 is 9.90 Å². The highest BCUT2D eigenvalue weighted by atomic mass is 16.4. The summed E-state index contributed by atoms with van der Waals surface area (Å²) >= 11 is 0. The number of carbonyl (C=O) groups is 1. The normalized spacial score (nSPS) is 46.8. The second-order valence-corrected chi connectivity index (χ2v) is 3.86. The van der Waals surface area contributed by atoms with Gasteiger partial charge in [0.05, 0.1) is 0 Å². The van der Waals surface area contributed by atoms with Crippen LogP contribution in [0.5, 0.6) is 0 Å². The SMILES string of the molecule is C[C@H]1[C@H]2CCCN(N)C21C(=O)O. The summed E-state index contributed by atoms with van der Waals surface area (Å²) in [5.74, 6) is 5.46. The number of hydrazine groups is 1. The first-order chi connectivity index (χ1) is 5.61. The van der Waals surface area contributed by atoms with E-state index in [4.69, 9.17) is 10.9 Å². The van der Waals surface area contributed by atoms with Gasteiger partial charge in [-0.2, -0.15) is 0 Å². The predicted octanol–water partition coefficient (Wildman–Crippen LogP) is 0.0452. The van der Waals surface area contributed by atoms with Crippen molar-refractivity contribution in [2.75, 3.05) is 6.54 Å². The summed E-state index contributed by atoms with van der Waals surface area (Å²) in [6.45, 7) is 2.69. The Bertz CT molecular complexity index is 223. The topological polar surface area (TPSA) is 66.6 Å². The number of carboxylic acid groups (broad SMARTS) is 1. The molecule has 2 fully saturated rings. The van der Waals surface area contributed by atoms with Crippen LogP contribution in [-0.2, 0) is 4.79 Å². The van der Waals surface area contributed by atoms with Crippen LogP contribution < -0.4 is 5.84 Å². The molecular formula is C8H14N2O2. The number of rotatable bonds is 1. The Balaban J connectivity index is 2.28. The number of hydrogen-bond donors (Lipinski definition) is 2. The molecule has 1 heterocycles. The van der Waals surface area contributed by atoms with E-state index < -0.39 is 11.5 Å². The third kappa shape index (κ3) is 0.671. The van der Waals surface area contributed by atoms with Crippen molar-refractivity contribution in [2.24, 2.45) is 17.7 Å². The summed E-state index contributed by atoms with van der Waals surface area (Å²) < 4.78 is 0. The minimum atomic E-state index is -0.748. The molecule has 1 aliphatic carbocycles. The number of piperidine rings is 1. The number of nitrogens with two attached hydrogens (primary N) is 1. The van der Waals surface area contributed by atoms with Gasteiger partial charge in [-0.25, -0.2) is 5.01 Å². The lowest BCUT2D eigenvalue weighted by Gasteiger charge is -2.29. The zero-order chi connectivity index (χ0) is 8.93. The number of aliphatic carboxylic acids is 1. The molecule has 0 aromatic heterocycles. The first kappa shape index (κ1) is 8.01. The van der Waals surface area contributed by atoms with E-state index in [0.29, 0.717) is 6.54 Å². The van der Waals surface area contributed by atoms with Crippen LogP contribution in [0.4, 0.5) is 0 Å². The smallest absolute Gasteiger partial charge is 0.326 e. The van der Waals surface area contributed by atoms with Crippen LogP contribution >= 0.6 is 0 Å². The van der Waals surface area contributed by atoms with Gasteiger partial charge in [-0.1, -0.05) is 6.92 Å². The second-order valence-electron chi connectivity index (χ2n) is 3.86. The van der Waals surface area contributed by atoms with Crippen LogP contribution in [0, 0.1) is 11.8 Å². The molecule has 1 saturated heterocycles. The first-order valence-corrected chi connectivity index (χ1v) is 4.37. The van der Waals surface area contributed by atoms with Crippen molar-refractivity contribution in [3.05, 3.63) is 0 Å². The van der Waals surface area contributed by atoms with Crippen molar-refractivity contribution in [1.29, 1.82) is 0 Å². The molecule has 0 bridgehead atoms. The Labute approximate surface area is 71.3 Å². The zero-order valence-corrected chi connectivity index (χ0v) is 7.16. The summed E-state index contributed by atoms with van der Waals surface area (Å²) in [5.41, 5.74) is -0.710. The Morgan fingerprint density at radius 1 is 1.75 bits per heavy atom. The molecule has 4 heteroatoms. The summed E-state index contributed by atoms with van der Waals surface area (Å²) in [6.07, 6.45) is 2.04. The molecule has 68 valence electrons. The molecule has 2 aliphatic rings. The lowest BCUT2D eigenvalue weighted by molar-refractivity contribution is -0.147. The highest BCUT2D eigenvalue weighted by Gasteiger charge is 2.71. The summed E-state index contributed by atoms with van der Waals surface area (Å²) in [5, 5.41) is 10.6. The predicted molar refractivity (Wildman–Crippen MR) is 43.1 cm³/mol. The fraction of sp³-hybridized carbons (Fsp3) is 0.875. The van der Waals surface area contributed by atoms with E-state index in [1.54, 1.807) is 0 Å². The van der Waals surface area contributed by atoms with Crippen molar-refractivity contribution in [3.8, 4) is 0 Å². The Hall–Kier alpha value is -0.610. The third-order valence-electron chi connectivity index (χ3n) is 3.49. The number of fused-ring (bicyclic) bond motifs is 1. The molecular weight excluding hydrogens is 156 g/mol. The molecule has 0 radical (unpaired) electrons. The maximum atomic E-state index is 11.0. The van der Waals surface area contributed by atoms with Gasteiger partial charge in [0.15, 0.2) is 0 Å². The molecule has 2 rings (SSSR count). The second kappa shape index (κ2) is 2.20. The fourth-order valence-electron chi connectivity index (χ4n) is 2.72. The highest BCUT2D eigenvalue weighted by Crippen LogP contribution is 2.58. The van der Waals surface area contributed by atoms with Gasteiger partial charge in [0.25, 0.3) is 0 Å². The molecule has 0 aromatic carbocycles. The average Bonchev–Trinajstić information content (AvgIpc) is 2.60. The molecule has 1 saturated carbocycles. The number of carboxylic acids is 1. The van der Waals surface area contributed by atoms with Crippen LogP contribution in [0.25, 0.3) is 0 Å². The Morgan fingerprint density at radius 3 is 2.83 bits per heavy atom. The highest BCUT2D eigenvalue weighted by molar-refractivity contribution is 5.84. The molecule has 1 aliphatic heterocycles. The average molecular weight is 170 g/mol. The molecule has 0 amide bonds. The minimum Gasteiger partial charge on any atom is -0.480 e. The van der Waals surface area contributed by atoms with Gasteiger partial charge in [-0.3, -0.25) is 10.6 Å². The van der Waals surface area contributed by atoms with Gasteiger partial charge >= 0.3 is 5.97 Å². The molecule has 3 N–H and O–H groups in total. The number of hydrogen-bond acceptors (Lipinski definition) is 3. The van der Waals surface area contributed by atoms with E-state index in [2.05, 4.69) is 0 Å². The third-order valence-corrected chi connectivity index (χ3v) is 3.49. The minimum absolute atomic E-state index is 0.225. The van der Waals surface area contributed by atoms with Gasteiger partial charge in [-0.05, 0) is 24.7 Å². The molecule has 4 nitrogen and oxygen atoms in total. The maximum absolute atomic E-state index is 11.0. The first-order valence-electron chi connectivity index (χ1n) is 4.37. The molecule has 0 spiro atoms. The van der Waals surface area contributed by atoms with Gasteiger partial charge < -0.3 is 5.11 Å². The van der Waals surface area contributed by atoms with Gasteiger partial charge in [-0.15, -0.1) is 0 Å². The van der Waals surface area contributed by atoms with E-state index in [9.17, 15) is 4.79 Å². The van der Waals surface area contributed by atoms with Gasteiger partial charge in [0.2, 0.25) is 0 Å². The van der Waals surface area contributed by atoms with Crippen LogP contribution in [0.15, 0.2) is 0 Å². The standard InChI is InChI=1S/C8H14N2O2/c1-5-6-3-2-4-10(9)8(5,6)7(11)12/h5-6H,2-4,9H2,1H3,(H,11,12)/t5-,6+,8?/m0/s1. The van der Waals surface area contributed by atoms with Crippen molar-refractivity contribution in [3.63, 3.8) is 0 Å². The van der Waals surface area contributed by atoms with Crippen molar-refractivity contribution >= 4 is 5.97 Å². The van der Waals surface area contributed by atoms with E-state index in [-0.39, 0.29) is 11.8 Å². The molecule has 3 atom stereocenters. The van der Waals surface area contributed by atoms with Gasteiger partial charge in [0.1, 0.15) is 5.54 Å². The molecule has 0 aromatic rings. The fourth-order valence-corrected chi connectivity index (χ4v) is 2.72. The summed E-state index contributed by atoms with van der Waals surface area (Å²) in [6, 6.07) is 0. The van der Waals surface area contributed by atoms with E-state index in [1.165, 1.54) is 5.01 Å². The summed E-state index contributed by atoms with van der Waals surface area (Å²) in [4.78, 5) is 11.0. The Kier molecular flexibility index (Phi) is 1.47. The van der Waals surface area contributed by atoms with Gasteiger partial charge in [0, 0.05) is 6.54 Å². The van der Waals surface area contributed by atoms with E-state index in [1.807, 2.05) is 6.92 Å². The molecule has 12 heavy (non-hydrogen) atoms. The monoisotopic (exact) mass is 170 g/mol. The Morgan fingerprint density at radius 2 is 2.42 bits per heavy atom. The number of nitrogens with zero attached hydrogens (tertiary/aromatic N) is 1. The van der Waals surface area contributed by atoms with Crippen LogP contribution in [0.1, 0.15) is 19.8 Å². The lowest BCUT2D eigenvalue weighted by atomic mass is 10.0. The van der Waals surface area contributed by atoms with Crippen molar-refractivity contribution in [2.45, 2.75) is 25.3 Å². The quantitative estimate of drug-likeness (QED) is 0.545.